The van der Waals surface area contributed by atoms with Crippen molar-refractivity contribution < 1.29 is 19.1 Å². The van der Waals surface area contributed by atoms with Gasteiger partial charge in [-0.2, -0.15) is 0 Å². The van der Waals surface area contributed by atoms with Crippen LogP contribution < -0.4 is 15.0 Å². The number of hydrogen-bond donors (Lipinski definition) is 1. The van der Waals surface area contributed by atoms with Gasteiger partial charge in [-0.25, -0.2) is 9.88 Å². The van der Waals surface area contributed by atoms with Crippen molar-refractivity contribution in [2.45, 2.75) is 20.0 Å². The highest BCUT2D eigenvalue weighted by Crippen LogP contribution is 2.30. The molecule has 3 amide bonds. The minimum absolute atomic E-state index is 0.210. The third kappa shape index (κ3) is 4.48. The monoisotopic (exact) mass is 480 g/mol. The van der Waals surface area contributed by atoms with E-state index in [0.717, 1.165) is 16.0 Å². The third-order valence-corrected chi connectivity index (χ3v) is 6.02. The number of benzene rings is 3. The van der Waals surface area contributed by atoms with Gasteiger partial charge in [-0.3, -0.25) is 14.4 Å². The van der Waals surface area contributed by atoms with Gasteiger partial charge >= 0.3 is 0 Å². The fraction of sp³-hybridized carbons (Fsp3) is 0.143. The minimum atomic E-state index is -0.459. The van der Waals surface area contributed by atoms with E-state index in [1.807, 2.05) is 42.0 Å². The van der Waals surface area contributed by atoms with Gasteiger partial charge in [0.15, 0.2) is 0 Å². The van der Waals surface area contributed by atoms with Crippen LogP contribution in [0.4, 0.5) is 5.69 Å². The number of nitrogens with one attached hydrogen (secondary N) is 1. The van der Waals surface area contributed by atoms with Crippen molar-refractivity contribution in [3.63, 3.8) is 0 Å². The van der Waals surface area contributed by atoms with E-state index in [1.165, 1.54) is 12.1 Å². The number of amides is 3. The van der Waals surface area contributed by atoms with Crippen LogP contribution in [0.3, 0.4) is 0 Å². The normalized spacial score (nSPS) is 12.5. The van der Waals surface area contributed by atoms with Gasteiger partial charge < -0.3 is 14.6 Å². The molecule has 1 aliphatic heterocycles. The van der Waals surface area contributed by atoms with Crippen LogP contribution >= 0.6 is 0 Å². The summed E-state index contributed by atoms with van der Waals surface area (Å²) in [5, 5.41) is 2.93. The van der Waals surface area contributed by atoms with Crippen LogP contribution in [0, 0.1) is 0 Å². The van der Waals surface area contributed by atoms with E-state index in [-0.39, 0.29) is 17.0 Å². The predicted octanol–water partition coefficient (Wildman–Crippen LogP) is 4.06. The molecule has 36 heavy (non-hydrogen) atoms. The van der Waals surface area contributed by atoms with Crippen molar-refractivity contribution in [1.82, 2.24) is 14.9 Å². The molecule has 1 aliphatic rings. The van der Waals surface area contributed by atoms with E-state index in [4.69, 9.17) is 4.74 Å². The summed E-state index contributed by atoms with van der Waals surface area (Å²) in [6.07, 6.45) is 5.35. The lowest BCUT2D eigenvalue weighted by Gasteiger charge is -2.14. The lowest BCUT2D eigenvalue weighted by Crippen LogP contribution is -2.29. The van der Waals surface area contributed by atoms with Crippen molar-refractivity contribution in [3.05, 3.63) is 113 Å². The fourth-order valence-corrected chi connectivity index (χ4v) is 4.21. The molecular formula is C28H24N4O4. The number of ether oxygens (including phenoxy) is 1. The first kappa shape index (κ1) is 23.0. The van der Waals surface area contributed by atoms with Gasteiger partial charge in [0, 0.05) is 31.0 Å². The van der Waals surface area contributed by atoms with Crippen molar-refractivity contribution in [3.8, 4) is 5.75 Å². The average molecular weight is 481 g/mol. The molecule has 0 spiro atoms. The summed E-state index contributed by atoms with van der Waals surface area (Å²) in [5.74, 6) is -0.544. The summed E-state index contributed by atoms with van der Waals surface area (Å²) in [4.78, 5) is 44.2. The van der Waals surface area contributed by atoms with Crippen LogP contribution in [-0.2, 0) is 13.1 Å². The van der Waals surface area contributed by atoms with E-state index in [1.54, 1.807) is 42.9 Å². The van der Waals surface area contributed by atoms with E-state index in [0.29, 0.717) is 36.7 Å². The first-order valence-corrected chi connectivity index (χ1v) is 11.6. The molecule has 8 nitrogen and oxygen atoms in total. The summed E-state index contributed by atoms with van der Waals surface area (Å²) >= 11 is 0. The molecule has 1 aromatic heterocycles. The third-order valence-electron chi connectivity index (χ3n) is 6.02. The second kappa shape index (κ2) is 9.87. The lowest BCUT2D eigenvalue weighted by molar-refractivity contribution is 0.0923. The van der Waals surface area contributed by atoms with Crippen molar-refractivity contribution in [2.75, 3.05) is 11.5 Å². The summed E-state index contributed by atoms with van der Waals surface area (Å²) in [7, 11) is 0. The largest absolute Gasteiger partial charge is 0.494 e. The van der Waals surface area contributed by atoms with E-state index in [2.05, 4.69) is 10.3 Å². The molecule has 3 aromatic carbocycles. The minimum Gasteiger partial charge on any atom is -0.494 e. The highest BCUT2D eigenvalue weighted by atomic mass is 16.5. The summed E-state index contributed by atoms with van der Waals surface area (Å²) in [6, 6.07) is 19.2. The number of fused-ring (bicyclic) bond motifs is 1. The Hall–Kier alpha value is -4.72. The number of rotatable bonds is 8. The molecule has 0 radical (unpaired) electrons. The van der Waals surface area contributed by atoms with Crippen LogP contribution in [-0.4, -0.2) is 33.9 Å². The molecule has 0 unspecified atom stereocenters. The molecule has 0 saturated heterocycles. The Morgan fingerprint density at radius 2 is 1.69 bits per heavy atom. The van der Waals surface area contributed by atoms with Crippen molar-refractivity contribution in [1.29, 1.82) is 0 Å². The Labute approximate surface area is 208 Å². The van der Waals surface area contributed by atoms with Crippen molar-refractivity contribution >= 4 is 23.4 Å². The Morgan fingerprint density at radius 3 is 2.42 bits per heavy atom. The molecule has 5 rings (SSSR count). The molecule has 180 valence electrons. The molecule has 1 N–H and O–H groups in total. The first-order valence-electron chi connectivity index (χ1n) is 11.6. The topological polar surface area (TPSA) is 93.5 Å². The highest BCUT2D eigenvalue weighted by molar-refractivity contribution is 6.34. The lowest BCUT2D eigenvalue weighted by atomic mass is 10.0. The maximum absolute atomic E-state index is 13.1. The summed E-state index contributed by atoms with van der Waals surface area (Å²) in [6.45, 7) is 3.37. The standard InChI is InChI=1S/C28H24N4O4/c1-2-36-23-10-8-22(9-11-23)32-27(34)24-12-7-19(15-25(24)28(32)35)26(33)30-16-20-5-3-4-6-21(20)17-31-14-13-29-18-31/h3-15,18H,2,16-17H2,1H3,(H,30,33). The van der Waals surface area contributed by atoms with Gasteiger partial charge in [0.25, 0.3) is 17.7 Å². The number of imidazole rings is 1. The van der Waals surface area contributed by atoms with Gasteiger partial charge in [0.2, 0.25) is 0 Å². The Bertz CT molecular complexity index is 1430. The van der Waals surface area contributed by atoms with Crippen LogP contribution in [0.2, 0.25) is 0 Å². The molecule has 0 aliphatic carbocycles. The maximum atomic E-state index is 13.1. The molecule has 2 heterocycles. The average Bonchev–Trinajstić information content (AvgIpc) is 3.50. The predicted molar refractivity (Wildman–Crippen MR) is 134 cm³/mol. The number of hydrogen-bond acceptors (Lipinski definition) is 5. The zero-order chi connectivity index (χ0) is 25.1. The molecular weight excluding hydrogens is 456 g/mol. The molecule has 8 heteroatoms. The Kier molecular flexibility index (Phi) is 6.32. The first-order chi connectivity index (χ1) is 17.5. The second-order valence-corrected chi connectivity index (χ2v) is 8.32. The van der Waals surface area contributed by atoms with Gasteiger partial charge in [-0.05, 0) is 60.5 Å². The zero-order valence-electron chi connectivity index (χ0n) is 19.7. The summed E-state index contributed by atoms with van der Waals surface area (Å²) < 4.78 is 7.39. The van der Waals surface area contributed by atoms with E-state index in [9.17, 15) is 14.4 Å². The highest BCUT2D eigenvalue weighted by Gasteiger charge is 2.37. The van der Waals surface area contributed by atoms with Crippen LogP contribution in [0.15, 0.2) is 85.5 Å². The molecule has 4 aromatic rings. The van der Waals surface area contributed by atoms with E-state index < -0.39 is 11.8 Å². The second-order valence-electron chi connectivity index (χ2n) is 8.32. The van der Waals surface area contributed by atoms with Gasteiger partial charge in [-0.15, -0.1) is 0 Å². The SMILES string of the molecule is CCOc1ccc(N2C(=O)c3ccc(C(=O)NCc4ccccc4Cn4ccnc4)cc3C2=O)cc1. The number of nitrogens with zero attached hydrogens (tertiary/aromatic N) is 3. The molecule has 0 saturated carbocycles. The number of imide groups is 1. The van der Waals surface area contributed by atoms with E-state index >= 15 is 0 Å². The quantitative estimate of drug-likeness (QED) is 0.384. The van der Waals surface area contributed by atoms with Gasteiger partial charge in [0.1, 0.15) is 5.75 Å². The number of aromatic nitrogens is 2. The number of anilines is 1. The summed E-state index contributed by atoms with van der Waals surface area (Å²) in [5.41, 5.74) is 3.30. The zero-order valence-corrected chi connectivity index (χ0v) is 19.7. The van der Waals surface area contributed by atoms with Gasteiger partial charge in [-0.1, -0.05) is 24.3 Å². The maximum Gasteiger partial charge on any atom is 0.266 e. The van der Waals surface area contributed by atoms with Gasteiger partial charge in [0.05, 0.1) is 29.7 Å². The van der Waals surface area contributed by atoms with Crippen LogP contribution in [0.25, 0.3) is 0 Å². The molecule has 0 atom stereocenters. The number of carbonyl (C=O) groups is 3. The molecule has 0 fully saturated rings. The molecule has 0 bridgehead atoms. The van der Waals surface area contributed by atoms with Crippen LogP contribution in [0.1, 0.15) is 49.1 Å². The smallest absolute Gasteiger partial charge is 0.266 e. The fourth-order valence-electron chi connectivity index (χ4n) is 4.21. The Morgan fingerprint density at radius 1 is 0.944 bits per heavy atom. The van der Waals surface area contributed by atoms with Crippen LogP contribution in [0.5, 0.6) is 5.75 Å². The Balaban J connectivity index is 1.31. The number of carbonyl (C=O) groups excluding carboxylic acids is 3. The van der Waals surface area contributed by atoms with Crippen molar-refractivity contribution in [2.24, 2.45) is 0 Å².